The molecule has 0 saturated heterocycles. The molecule has 1 rings (SSSR count). The largest absolute Gasteiger partial charge is 0.427 e. The Morgan fingerprint density at radius 1 is 1.33 bits per heavy atom. The molecule has 0 unspecified atom stereocenters. The van der Waals surface area contributed by atoms with Crippen LogP contribution in [0.2, 0.25) is 0 Å². The van der Waals surface area contributed by atoms with Gasteiger partial charge in [0, 0.05) is 6.42 Å². The molecule has 0 heterocycles. The number of carbonyl (C=O) groups is 1. The van der Waals surface area contributed by atoms with E-state index in [0.29, 0.717) is 18.7 Å². The van der Waals surface area contributed by atoms with Crippen molar-refractivity contribution in [2.45, 2.75) is 26.2 Å². The Kier molecular flexibility index (Phi) is 4.84. The van der Waals surface area contributed by atoms with Crippen LogP contribution in [0, 0.1) is 0 Å². The van der Waals surface area contributed by atoms with Gasteiger partial charge in [-0.25, -0.2) is 0 Å². The van der Waals surface area contributed by atoms with Crippen LogP contribution in [0.15, 0.2) is 24.3 Å². The first-order chi connectivity index (χ1) is 7.26. The van der Waals surface area contributed by atoms with E-state index in [4.69, 9.17) is 10.5 Å². The zero-order valence-corrected chi connectivity index (χ0v) is 9.03. The van der Waals surface area contributed by atoms with Crippen molar-refractivity contribution in [3.63, 3.8) is 0 Å². The molecule has 0 atom stereocenters. The Balaban J connectivity index is 2.52. The third-order valence-corrected chi connectivity index (χ3v) is 2.04. The van der Waals surface area contributed by atoms with Gasteiger partial charge in [-0.2, -0.15) is 0 Å². The van der Waals surface area contributed by atoms with Crippen LogP contribution in [0.25, 0.3) is 0 Å². The number of ether oxygens (including phenoxy) is 1. The molecule has 0 aliphatic rings. The summed E-state index contributed by atoms with van der Waals surface area (Å²) in [6.07, 6.45) is 2.12. The van der Waals surface area contributed by atoms with Crippen LogP contribution in [0.3, 0.4) is 0 Å². The van der Waals surface area contributed by atoms with Gasteiger partial charge < -0.3 is 10.5 Å². The first-order valence-electron chi connectivity index (χ1n) is 5.26. The summed E-state index contributed by atoms with van der Waals surface area (Å²) in [5.41, 5.74) is 6.59. The topological polar surface area (TPSA) is 52.3 Å². The summed E-state index contributed by atoms with van der Waals surface area (Å²) in [5, 5.41) is 0. The average Bonchev–Trinajstić information content (AvgIpc) is 2.22. The summed E-state index contributed by atoms with van der Waals surface area (Å²) in [6, 6.07) is 7.47. The van der Waals surface area contributed by atoms with Crippen LogP contribution >= 0.6 is 0 Å². The van der Waals surface area contributed by atoms with Crippen LogP contribution in [-0.4, -0.2) is 12.5 Å². The Hall–Kier alpha value is -1.35. The second-order valence-corrected chi connectivity index (χ2v) is 3.41. The van der Waals surface area contributed by atoms with Gasteiger partial charge in [-0.3, -0.25) is 4.79 Å². The summed E-state index contributed by atoms with van der Waals surface area (Å²) in [7, 11) is 0. The van der Waals surface area contributed by atoms with E-state index in [1.807, 2.05) is 19.1 Å². The zero-order valence-electron chi connectivity index (χ0n) is 9.03. The van der Waals surface area contributed by atoms with E-state index in [-0.39, 0.29) is 5.97 Å². The predicted octanol–water partition coefficient (Wildman–Crippen LogP) is 1.89. The number of rotatable bonds is 5. The van der Waals surface area contributed by atoms with E-state index >= 15 is 0 Å². The van der Waals surface area contributed by atoms with Gasteiger partial charge in [0.05, 0.1) is 0 Å². The lowest BCUT2D eigenvalue weighted by molar-refractivity contribution is -0.134. The maximum Gasteiger partial charge on any atom is 0.311 e. The van der Waals surface area contributed by atoms with E-state index in [1.54, 1.807) is 12.1 Å². The van der Waals surface area contributed by atoms with Crippen molar-refractivity contribution in [2.24, 2.45) is 5.73 Å². The summed E-state index contributed by atoms with van der Waals surface area (Å²) in [5.74, 6) is 0.429. The minimum absolute atomic E-state index is 0.177. The molecule has 0 amide bonds. The van der Waals surface area contributed by atoms with Crippen molar-refractivity contribution >= 4 is 5.97 Å². The Labute approximate surface area is 90.2 Å². The fourth-order valence-electron chi connectivity index (χ4n) is 1.28. The molecule has 0 spiro atoms. The third kappa shape index (κ3) is 4.13. The standard InChI is InChI=1S/C12H17NO2/c1-2-3-12(14)15-11-6-4-10(5-7-11)8-9-13/h4-7H,2-3,8-9,13H2,1H3. The molecule has 2 N–H and O–H groups in total. The zero-order chi connectivity index (χ0) is 11.1. The molecule has 3 nitrogen and oxygen atoms in total. The van der Waals surface area contributed by atoms with Gasteiger partial charge in [0.25, 0.3) is 0 Å². The number of hydrogen-bond acceptors (Lipinski definition) is 3. The smallest absolute Gasteiger partial charge is 0.311 e. The molecule has 0 aliphatic carbocycles. The van der Waals surface area contributed by atoms with Crippen LogP contribution in [0.5, 0.6) is 5.75 Å². The summed E-state index contributed by atoms with van der Waals surface area (Å²) >= 11 is 0. The molecule has 1 aromatic rings. The molecule has 0 bridgehead atoms. The van der Waals surface area contributed by atoms with Gasteiger partial charge in [0.15, 0.2) is 0 Å². The number of esters is 1. The highest BCUT2D eigenvalue weighted by atomic mass is 16.5. The molecule has 82 valence electrons. The molecular formula is C12H17NO2. The number of carbonyl (C=O) groups excluding carboxylic acids is 1. The van der Waals surface area contributed by atoms with E-state index in [0.717, 1.165) is 18.4 Å². The maximum absolute atomic E-state index is 11.2. The normalized spacial score (nSPS) is 10.0. The van der Waals surface area contributed by atoms with Crippen molar-refractivity contribution in [3.8, 4) is 5.75 Å². The van der Waals surface area contributed by atoms with Crippen molar-refractivity contribution < 1.29 is 9.53 Å². The third-order valence-electron chi connectivity index (χ3n) is 2.04. The van der Waals surface area contributed by atoms with Crippen molar-refractivity contribution in [3.05, 3.63) is 29.8 Å². The SMILES string of the molecule is CCCC(=O)Oc1ccc(CCN)cc1. The van der Waals surface area contributed by atoms with E-state index in [9.17, 15) is 4.79 Å². The second kappa shape index (κ2) is 6.19. The lowest BCUT2D eigenvalue weighted by atomic mass is 10.1. The molecular weight excluding hydrogens is 190 g/mol. The number of hydrogen-bond donors (Lipinski definition) is 1. The van der Waals surface area contributed by atoms with Crippen LogP contribution in [-0.2, 0) is 11.2 Å². The van der Waals surface area contributed by atoms with Gasteiger partial charge >= 0.3 is 5.97 Å². The van der Waals surface area contributed by atoms with E-state index in [2.05, 4.69) is 0 Å². The number of benzene rings is 1. The van der Waals surface area contributed by atoms with Gasteiger partial charge in [0.2, 0.25) is 0 Å². The van der Waals surface area contributed by atoms with Gasteiger partial charge in [-0.1, -0.05) is 19.1 Å². The molecule has 0 aliphatic heterocycles. The molecule has 3 heteroatoms. The summed E-state index contributed by atoms with van der Waals surface area (Å²) < 4.78 is 5.12. The van der Waals surface area contributed by atoms with Crippen LogP contribution in [0.1, 0.15) is 25.3 Å². The lowest BCUT2D eigenvalue weighted by Gasteiger charge is -2.04. The molecule has 0 aromatic heterocycles. The Morgan fingerprint density at radius 3 is 2.53 bits per heavy atom. The Morgan fingerprint density at radius 2 is 2.00 bits per heavy atom. The second-order valence-electron chi connectivity index (χ2n) is 3.41. The quantitative estimate of drug-likeness (QED) is 0.592. The lowest BCUT2D eigenvalue weighted by Crippen LogP contribution is -2.07. The van der Waals surface area contributed by atoms with E-state index < -0.39 is 0 Å². The highest BCUT2D eigenvalue weighted by Gasteiger charge is 2.02. The van der Waals surface area contributed by atoms with Crippen molar-refractivity contribution in [1.82, 2.24) is 0 Å². The van der Waals surface area contributed by atoms with Crippen LogP contribution < -0.4 is 10.5 Å². The minimum atomic E-state index is -0.177. The molecule has 1 aromatic carbocycles. The fraction of sp³-hybridized carbons (Fsp3) is 0.417. The van der Waals surface area contributed by atoms with E-state index in [1.165, 1.54) is 0 Å². The monoisotopic (exact) mass is 207 g/mol. The first kappa shape index (κ1) is 11.7. The molecule has 0 fully saturated rings. The highest BCUT2D eigenvalue weighted by Crippen LogP contribution is 2.13. The fourth-order valence-corrected chi connectivity index (χ4v) is 1.28. The van der Waals surface area contributed by atoms with Gasteiger partial charge in [0.1, 0.15) is 5.75 Å². The van der Waals surface area contributed by atoms with Crippen molar-refractivity contribution in [2.75, 3.05) is 6.54 Å². The molecule has 0 radical (unpaired) electrons. The maximum atomic E-state index is 11.2. The molecule has 0 saturated carbocycles. The average molecular weight is 207 g/mol. The Bertz CT molecular complexity index is 306. The van der Waals surface area contributed by atoms with Crippen LogP contribution in [0.4, 0.5) is 0 Å². The minimum Gasteiger partial charge on any atom is -0.427 e. The van der Waals surface area contributed by atoms with Gasteiger partial charge in [-0.05, 0) is 37.1 Å². The van der Waals surface area contributed by atoms with Crippen molar-refractivity contribution in [1.29, 1.82) is 0 Å². The summed E-state index contributed by atoms with van der Waals surface area (Å²) in [4.78, 5) is 11.2. The first-order valence-corrected chi connectivity index (χ1v) is 5.26. The highest BCUT2D eigenvalue weighted by molar-refractivity contribution is 5.72. The number of nitrogens with two attached hydrogens (primary N) is 1. The predicted molar refractivity (Wildman–Crippen MR) is 59.7 cm³/mol. The van der Waals surface area contributed by atoms with Gasteiger partial charge in [-0.15, -0.1) is 0 Å². The summed E-state index contributed by atoms with van der Waals surface area (Å²) in [6.45, 7) is 2.58. The molecule has 15 heavy (non-hydrogen) atoms.